The van der Waals surface area contributed by atoms with Gasteiger partial charge in [0, 0.05) is 18.7 Å². The summed E-state index contributed by atoms with van der Waals surface area (Å²) < 4.78 is 0.722. The zero-order valence-corrected chi connectivity index (χ0v) is 18.5. The Kier molecular flexibility index (Phi) is 6.51. The van der Waals surface area contributed by atoms with E-state index in [1.165, 1.54) is 23.1 Å². The van der Waals surface area contributed by atoms with Crippen LogP contribution in [0.2, 0.25) is 5.02 Å². The number of halogens is 1. The summed E-state index contributed by atoms with van der Waals surface area (Å²) in [7, 11) is 0. The molecule has 1 fully saturated rings. The Morgan fingerprint density at radius 3 is 2.77 bits per heavy atom. The number of rotatable bonds is 6. The predicted octanol–water partition coefficient (Wildman–Crippen LogP) is 4.35. The van der Waals surface area contributed by atoms with Crippen LogP contribution in [0.25, 0.3) is 0 Å². The van der Waals surface area contributed by atoms with Crippen LogP contribution in [0.5, 0.6) is 0 Å². The van der Waals surface area contributed by atoms with E-state index in [1.807, 2.05) is 12.1 Å². The van der Waals surface area contributed by atoms with Gasteiger partial charge in [0.15, 0.2) is 4.34 Å². The van der Waals surface area contributed by atoms with Gasteiger partial charge in [0.05, 0.1) is 28.3 Å². The Morgan fingerprint density at radius 2 is 2.03 bits per heavy atom. The SMILES string of the molecule is N#Cc1ccc(CSc2nnc(NC(=O)C3CC(=O)N(c4ccccc4Cl)C3)s2)cc1. The van der Waals surface area contributed by atoms with E-state index in [-0.39, 0.29) is 24.8 Å². The average Bonchev–Trinajstić information content (AvgIpc) is 3.39. The highest BCUT2D eigenvalue weighted by atomic mass is 35.5. The van der Waals surface area contributed by atoms with Crippen molar-refractivity contribution < 1.29 is 9.59 Å². The first-order chi connectivity index (χ1) is 15.0. The summed E-state index contributed by atoms with van der Waals surface area (Å²) in [6.07, 6.45) is 0.121. The topological polar surface area (TPSA) is 99.0 Å². The Hall–Kier alpha value is -2.93. The monoisotopic (exact) mass is 469 g/mol. The molecule has 0 aliphatic carbocycles. The fourth-order valence-corrected chi connectivity index (χ4v) is 5.08. The van der Waals surface area contributed by atoms with Crippen molar-refractivity contribution in [2.24, 2.45) is 5.92 Å². The number of carbonyl (C=O) groups excluding carboxylic acids is 2. The summed E-state index contributed by atoms with van der Waals surface area (Å²) in [5.41, 5.74) is 2.30. The summed E-state index contributed by atoms with van der Waals surface area (Å²) in [4.78, 5) is 26.6. The summed E-state index contributed by atoms with van der Waals surface area (Å²) in [5, 5.41) is 20.6. The van der Waals surface area contributed by atoms with Crippen molar-refractivity contribution in [2.75, 3.05) is 16.8 Å². The lowest BCUT2D eigenvalue weighted by molar-refractivity contribution is -0.122. The maximum Gasteiger partial charge on any atom is 0.231 e. The van der Waals surface area contributed by atoms with E-state index in [2.05, 4.69) is 21.6 Å². The molecule has 31 heavy (non-hydrogen) atoms. The standard InChI is InChI=1S/C21H16ClN5O2S2/c22-16-3-1-2-4-17(16)27-11-15(9-18(27)28)19(29)24-20-25-26-21(31-20)30-12-14-7-5-13(10-23)6-8-14/h1-8,15H,9,11-12H2,(H,24,25,29). The zero-order chi connectivity index (χ0) is 21.8. The minimum atomic E-state index is -0.484. The van der Waals surface area contributed by atoms with E-state index in [4.69, 9.17) is 16.9 Å². The molecule has 7 nitrogen and oxygen atoms in total. The number of hydrogen-bond donors (Lipinski definition) is 1. The van der Waals surface area contributed by atoms with Gasteiger partial charge in [0.1, 0.15) is 0 Å². The van der Waals surface area contributed by atoms with Crippen LogP contribution in [-0.4, -0.2) is 28.6 Å². The molecule has 1 saturated heterocycles. The van der Waals surface area contributed by atoms with Crippen molar-refractivity contribution in [1.82, 2.24) is 10.2 Å². The fourth-order valence-electron chi connectivity index (χ4n) is 3.13. The van der Waals surface area contributed by atoms with E-state index in [9.17, 15) is 9.59 Å². The van der Waals surface area contributed by atoms with Crippen LogP contribution in [0.4, 0.5) is 10.8 Å². The van der Waals surface area contributed by atoms with Crippen molar-refractivity contribution in [1.29, 1.82) is 5.26 Å². The van der Waals surface area contributed by atoms with Crippen molar-refractivity contribution in [3.8, 4) is 6.07 Å². The molecule has 1 aliphatic heterocycles. The van der Waals surface area contributed by atoms with E-state index in [1.54, 1.807) is 41.3 Å². The lowest BCUT2D eigenvalue weighted by Crippen LogP contribution is -2.28. The predicted molar refractivity (Wildman–Crippen MR) is 121 cm³/mol. The van der Waals surface area contributed by atoms with Crippen LogP contribution in [0.1, 0.15) is 17.5 Å². The van der Waals surface area contributed by atoms with Crippen LogP contribution in [-0.2, 0) is 15.3 Å². The molecule has 1 aromatic heterocycles. The highest BCUT2D eigenvalue weighted by molar-refractivity contribution is 8.00. The maximum absolute atomic E-state index is 12.7. The second kappa shape index (κ2) is 9.47. The van der Waals surface area contributed by atoms with Gasteiger partial charge >= 0.3 is 0 Å². The molecule has 0 spiro atoms. The van der Waals surface area contributed by atoms with Crippen LogP contribution in [0.3, 0.4) is 0 Å². The van der Waals surface area contributed by atoms with Crippen molar-refractivity contribution in [3.05, 3.63) is 64.7 Å². The summed E-state index contributed by atoms with van der Waals surface area (Å²) in [5.74, 6) is -0.202. The van der Waals surface area contributed by atoms with Gasteiger partial charge in [-0.1, -0.05) is 59.0 Å². The molecule has 1 N–H and O–H groups in total. The quantitative estimate of drug-likeness (QED) is 0.425. The number of carbonyl (C=O) groups is 2. The normalized spacial score (nSPS) is 15.7. The second-order valence-corrected chi connectivity index (χ2v) is 9.42. The number of thioether (sulfide) groups is 1. The minimum absolute atomic E-state index is 0.121. The van der Waals surface area contributed by atoms with Gasteiger partial charge in [-0.25, -0.2) is 0 Å². The smallest absolute Gasteiger partial charge is 0.231 e. The molecule has 0 radical (unpaired) electrons. The van der Waals surface area contributed by atoms with Crippen molar-refractivity contribution in [2.45, 2.75) is 16.5 Å². The number of benzene rings is 2. The van der Waals surface area contributed by atoms with Gasteiger partial charge in [-0.3, -0.25) is 9.59 Å². The molecule has 3 aromatic rings. The molecule has 156 valence electrons. The number of nitrogens with zero attached hydrogens (tertiary/aromatic N) is 4. The number of anilines is 2. The molecule has 1 unspecified atom stereocenters. The number of nitrogens with one attached hydrogen (secondary N) is 1. The van der Waals surface area contributed by atoms with Gasteiger partial charge in [-0.05, 0) is 29.8 Å². The Labute approximate surface area is 192 Å². The van der Waals surface area contributed by atoms with E-state index < -0.39 is 5.92 Å². The molecule has 2 aromatic carbocycles. The van der Waals surface area contributed by atoms with Gasteiger partial charge in [0.25, 0.3) is 0 Å². The lowest BCUT2D eigenvalue weighted by Gasteiger charge is -2.17. The lowest BCUT2D eigenvalue weighted by atomic mass is 10.1. The number of hydrogen-bond acceptors (Lipinski definition) is 7. The second-order valence-electron chi connectivity index (χ2n) is 6.82. The highest BCUT2D eigenvalue weighted by Crippen LogP contribution is 2.32. The first-order valence-corrected chi connectivity index (χ1v) is 11.5. The molecule has 1 aliphatic rings. The van der Waals surface area contributed by atoms with E-state index in [0.29, 0.717) is 27.2 Å². The summed E-state index contributed by atoms with van der Waals surface area (Å²) in [6.45, 7) is 0.271. The Bertz CT molecular complexity index is 1160. The third-order valence-corrected chi connectivity index (χ3v) is 7.08. The van der Waals surface area contributed by atoms with E-state index >= 15 is 0 Å². The first kappa shape index (κ1) is 21.3. The summed E-state index contributed by atoms with van der Waals surface area (Å²) in [6, 6.07) is 16.5. The molecule has 2 heterocycles. The molecular formula is C21H16ClN5O2S2. The molecule has 0 bridgehead atoms. The minimum Gasteiger partial charge on any atom is -0.310 e. The molecule has 0 saturated carbocycles. The number of aromatic nitrogens is 2. The third-order valence-electron chi connectivity index (χ3n) is 4.72. The molecular weight excluding hydrogens is 454 g/mol. The average molecular weight is 470 g/mol. The van der Waals surface area contributed by atoms with Crippen LogP contribution in [0, 0.1) is 17.2 Å². The van der Waals surface area contributed by atoms with Gasteiger partial charge in [0.2, 0.25) is 16.9 Å². The maximum atomic E-state index is 12.7. The van der Waals surface area contributed by atoms with Crippen LogP contribution >= 0.6 is 34.7 Å². The number of amides is 2. The Morgan fingerprint density at radius 1 is 1.26 bits per heavy atom. The third kappa shape index (κ3) is 5.05. The molecule has 4 rings (SSSR count). The van der Waals surface area contributed by atoms with Crippen LogP contribution in [0.15, 0.2) is 52.9 Å². The molecule has 1 atom stereocenters. The largest absolute Gasteiger partial charge is 0.310 e. The zero-order valence-electron chi connectivity index (χ0n) is 16.1. The van der Waals surface area contributed by atoms with Crippen molar-refractivity contribution >= 4 is 57.3 Å². The van der Waals surface area contributed by atoms with Gasteiger partial charge in [-0.15, -0.1) is 10.2 Å². The van der Waals surface area contributed by atoms with Gasteiger partial charge < -0.3 is 10.2 Å². The Balaban J connectivity index is 1.33. The molecule has 2 amide bonds. The highest BCUT2D eigenvalue weighted by Gasteiger charge is 2.36. The van der Waals surface area contributed by atoms with Gasteiger partial charge in [-0.2, -0.15) is 5.26 Å². The van der Waals surface area contributed by atoms with Crippen LogP contribution < -0.4 is 10.2 Å². The number of nitriles is 1. The fraction of sp³-hybridized carbons (Fsp3) is 0.190. The molecule has 10 heteroatoms. The van der Waals surface area contributed by atoms with Crippen molar-refractivity contribution in [3.63, 3.8) is 0 Å². The number of para-hydroxylation sites is 1. The first-order valence-electron chi connectivity index (χ1n) is 9.34. The summed E-state index contributed by atoms with van der Waals surface area (Å²) >= 11 is 8.98. The van der Waals surface area contributed by atoms with E-state index in [0.717, 1.165) is 9.90 Å².